The summed E-state index contributed by atoms with van der Waals surface area (Å²) in [5.74, 6) is -2.74. The average molecular weight is 822 g/mol. The van der Waals surface area contributed by atoms with Crippen LogP contribution in [-0.4, -0.2) is 135 Å². The molecule has 0 bridgehead atoms. The number of hydrogen-bond donors (Lipinski definition) is 6. The maximum Gasteiger partial charge on any atom is 1.00 e. The molecule has 0 saturated carbocycles. The molecule has 58 heavy (non-hydrogen) atoms. The maximum atomic E-state index is 12.2. The molecule has 2 saturated heterocycles. The first-order valence-electron chi connectivity index (χ1n) is 17.8. The Balaban J connectivity index is 0.000000214. The molecule has 2 fully saturated rings. The van der Waals surface area contributed by atoms with E-state index in [0.717, 1.165) is 0 Å². The van der Waals surface area contributed by atoms with E-state index in [0.29, 0.717) is 50.1 Å². The number of aromatic nitrogens is 4. The number of ether oxygens (including phenoxy) is 2. The predicted molar refractivity (Wildman–Crippen MR) is 192 cm³/mol. The van der Waals surface area contributed by atoms with Crippen LogP contribution in [0.25, 0.3) is 0 Å². The van der Waals surface area contributed by atoms with Crippen molar-refractivity contribution in [3.05, 3.63) is 84.0 Å². The average Bonchev–Trinajstić information content (AvgIpc) is 3.81. The molecule has 0 unspecified atom stereocenters. The molecular weight excluding hydrogens is 784 g/mol. The second kappa shape index (κ2) is 18.4. The van der Waals surface area contributed by atoms with Crippen LogP contribution < -0.4 is 77.9 Å². The quantitative estimate of drug-likeness (QED) is 0.0812. The minimum atomic E-state index is -3.09. The number of hydrogen-bond acceptors (Lipinski definition) is 14. The largest absolute Gasteiger partial charge is 1.00 e. The summed E-state index contributed by atoms with van der Waals surface area (Å²) in [6.45, 7) is -4.49. The van der Waals surface area contributed by atoms with Crippen LogP contribution in [0.3, 0.4) is 0 Å². The number of amides is 2. The van der Waals surface area contributed by atoms with Crippen molar-refractivity contribution in [1.82, 2.24) is 28.9 Å². The molecule has 296 valence electrons. The Kier molecular flexibility index (Phi) is 14.3. The van der Waals surface area contributed by atoms with E-state index in [2.05, 4.69) is 9.97 Å². The number of aromatic carboxylic acids is 2. The van der Waals surface area contributed by atoms with Gasteiger partial charge in [0.25, 0.3) is 0 Å². The molecule has 4 aliphatic rings. The molecule has 24 heteroatoms. The number of rotatable bonds is 10. The number of nitrogens with zero attached hydrogens (tertiary/aromatic N) is 6. The molecule has 0 aliphatic carbocycles. The summed E-state index contributed by atoms with van der Waals surface area (Å²) in [4.78, 5) is 58.9. The molecule has 0 radical (unpaired) electrons. The molecule has 2 aromatic carbocycles. The molecule has 6 heterocycles. The van der Waals surface area contributed by atoms with Crippen molar-refractivity contribution in [3.8, 4) is 23.0 Å². The Bertz CT molecular complexity index is 1980. The van der Waals surface area contributed by atoms with Crippen molar-refractivity contribution in [2.24, 2.45) is 0 Å². The van der Waals surface area contributed by atoms with Crippen molar-refractivity contribution >= 4 is 37.3 Å². The third kappa shape index (κ3) is 10.4. The number of likely N-dealkylation sites (tertiary alicyclic amines) is 2. The van der Waals surface area contributed by atoms with Gasteiger partial charge in [-0.25, -0.2) is 19.6 Å². The standard InChI is InChI=1S/2C17H19BN3O7.2Na/c2*22-14(9-20-6-5-19-10-20)21-7-12(8-21)27-13-2-1-11-3-4-18(25,26)28-16(11)15(13)17(23)24;;/h2*1-2,5-6,10,12,25-26H,3-4,7-9H2,(H,23,24);;/q2*-1;2*+1. The normalized spacial score (nSPS) is 17.4. The van der Waals surface area contributed by atoms with Crippen LogP contribution >= 0.6 is 0 Å². The fourth-order valence-corrected chi connectivity index (χ4v) is 6.73. The third-order valence-corrected chi connectivity index (χ3v) is 9.77. The zero-order chi connectivity index (χ0) is 39.8. The molecule has 2 aromatic heterocycles. The Hall–Kier alpha value is -4.09. The van der Waals surface area contributed by atoms with Gasteiger partial charge in [0.1, 0.15) is 47.9 Å². The van der Waals surface area contributed by atoms with Crippen LogP contribution in [0.4, 0.5) is 0 Å². The van der Waals surface area contributed by atoms with Gasteiger partial charge in [-0.05, 0) is 36.1 Å². The van der Waals surface area contributed by atoms with E-state index in [1.165, 1.54) is 12.1 Å². The molecule has 20 nitrogen and oxygen atoms in total. The maximum absolute atomic E-state index is 12.2. The molecule has 0 atom stereocenters. The van der Waals surface area contributed by atoms with Gasteiger partial charge in [-0.2, -0.15) is 0 Å². The SMILES string of the molecule is O=C(O)c1c(OC2CN(C(=O)Cn3ccnc3)C2)ccc2c1O[B-](O)(O)CC2.O=C(O)c1c(OC2CN(C(=O)Cn3ccnc3)C2)ccc2c1O[B-](O)(O)CC2.[Na+].[Na+]. The van der Waals surface area contributed by atoms with Crippen LogP contribution in [0.2, 0.25) is 12.6 Å². The van der Waals surface area contributed by atoms with Gasteiger partial charge >= 0.3 is 84.6 Å². The number of carbonyl (C=O) groups is 4. The zero-order valence-corrected chi connectivity index (χ0v) is 35.8. The molecular formula is C34H38B2N6Na2O14. The Morgan fingerprint density at radius 2 is 1.03 bits per heavy atom. The first kappa shape index (κ1) is 45.0. The third-order valence-electron chi connectivity index (χ3n) is 9.77. The molecule has 6 N–H and O–H groups in total. The molecule has 2 amide bonds. The van der Waals surface area contributed by atoms with Crippen LogP contribution in [0.5, 0.6) is 23.0 Å². The summed E-state index contributed by atoms with van der Waals surface area (Å²) in [5.41, 5.74) is 0.677. The minimum absolute atomic E-state index is 0. The van der Waals surface area contributed by atoms with Crippen LogP contribution in [0.1, 0.15) is 31.8 Å². The van der Waals surface area contributed by atoms with Gasteiger partial charge in [0.2, 0.25) is 11.8 Å². The second-order valence-corrected chi connectivity index (χ2v) is 14.0. The summed E-state index contributed by atoms with van der Waals surface area (Å²) >= 11 is 0. The fourth-order valence-electron chi connectivity index (χ4n) is 6.73. The van der Waals surface area contributed by atoms with E-state index in [1.807, 2.05) is 0 Å². The van der Waals surface area contributed by atoms with Crippen molar-refractivity contribution in [2.75, 3.05) is 26.2 Å². The number of benzene rings is 2. The second-order valence-electron chi connectivity index (χ2n) is 14.0. The van der Waals surface area contributed by atoms with Gasteiger partial charge in [-0.3, -0.25) is 9.59 Å². The van der Waals surface area contributed by atoms with E-state index in [4.69, 9.17) is 18.8 Å². The summed E-state index contributed by atoms with van der Waals surface area (Å²) < 4.78 is 25.1. The van der Waals surface area contributed by atoms with Gasteiger partial charge in [-0.15, -0.1) is 0 Å². The van der Waals surface area contributed by atoms with Gasteiger partial charge in [0.15, 0.2) is 0 Å². The van der Waals surface area contributed by atoms with E-state index in [9.17, 15) is 49.5 Å². The predicted octanol–water partition coefficient (Wildman–Crippen LogP) is -6.53. The number of carboxylic acid groups (broad SMARTS) is 2. The van der Waals surface area contributed by atoms with Gasteiger partial charge in [0.05, 0.1) is 50.3 Å². The van der Waals surface area contributed by atoms with Crippen LogP contribution in [-0.2, 0) is 35.5 Å². The van der Waals surface area contributed by atoms with Crippen LogP contribution in [0, 0.1) is 0 Å². The van der Waals surface area contributed by atoms with Crippen molar-refractivity contribution < 1.29 is 127 Å². The first-order chi connectivity index (χ1) is 26.6. The summed E-state index contributed by atoms with van der Waals surface area (Å²) in [5, 5.41) is 58.3. The van der Waals surface area contributed by atoms with Gasteiger partial charge in [0, 0.05) is 24.8 Å². The van der Waals surface area contributed by atoms with Crippen molar-refractivity contribution in [2.45, 2.75) is 50.8 Å². The van der Waals surface area contributed by atoms with Gasteiger partial charge in [-0.1, -0.05) is 24.8 Å². The van der Waals surface area contributed by atoms with Crippen LogP contribution in [0.15, 0.2) is 61.7 Å². The number of carbonyl (C=O) groups excluding carboxylic acids is 2. The number of aryl methyl sites for hydroxylation is 2. The Labute approximate surface area is 374 Å². The monoisotopic (exact) mass is 822 g/mol. The smallest absolute Gasteiger partial charge is 0.669 e. The summed E-state index contributed by atoms with van der Waals surface area (Å²) in [7, 11) is 0. The molecule has 4 aliphatic heterocycles. The van der Waals surface area contributed by atoms with E-state index in [1.54, 1.807) is 68.5 Å². The summed E-state index contributed by atoms with van der Waals surface area (Å²) in [6, 6.07) is 6.39. The Morgan fingerprint density at radius 3 is 1.36 bits per heavy atom. The van der Waals surface area contributed by atoms with E-state index < -0.39 is 25.4 Å². The molecule has 4 aromatic rings. The van der Waals surface area contributed by atoms with Crippen molar-refractivity contribution in [1.29, 1.82) is 0 Å². The molecule has 0 spiro atoms. The van der Waals surface area contributed by atoms with Crippen molar-refractivity contribution in [3.63, 3.8) is 0 Å². The Morgan fingerprint density at radius 1 is 0.655 bits per heavy atom. The molecule has 8 rings (SSSR count). The number of imidazole rings is 2. The van der Waals surface area contributed by atoms with Gasteiger partial charge < -0.3 is 68.0 Å². The minimum Gasteiger partial charge on any atom is -0.669 e. The number of carboxylic acids is 2. The first-order valence-corrected chi connectivity index (χ1v) is 17.8. The van der Waals surface area contributed by atoms with E-state index >= 15 is 0 Å². The fraction of sp³-hybridized carbons (Fsp3) is 0.353. The number of fused-ring (bicyclic) bond motifs is 2. The zero-order valence-electron chi connectivity index (χ0n) is 31.8. The summed E-state index contributed by atoms with van der Waals surface area (Å²) in [6.07, 6.45) is 9.57. The topological polar surface area (TPSA) is 269 Å². The van der Waals surface area contributed by atoms with E-state index in [-0.39, 0.29) is 143 Å².